The van der Waals surface area contributed by atoms with Gasteiger partial charge < -0.3 is 4.90 Å². The Bertz CT molecular complexity index is 118. The zero-order valence-corrected chi connectivity index (χ0v) is 10.3. The molecule has 80 valence electrons. The van der Waals surface area contributed by atoms with Crippen LogP contribution in [0.1, 0.15) is 47.5 Å². The molecule has 1 heteroatoms. The van der Waals surface area contributed by atoms with Crippen LogP contribution in [-0.4, -0.2) is 24.5 Å². The van der Waals surface area contributed by atoms with Crippen LogP contribution in [0.2, 0.25) is 0 Å². The number of rotatable bonds is 6. The Balaban J connectivity index is 3.55. The summed E-state index contributed by atoms with van der Waals surface area (Å²) in [7, 11) is 2.24. The van der Waals surface area contributed by atoms with Gasteiger partial charge in [0.05, 0.1) is 0 Å². The van der Waals surface area contributed by atoms with Crippen LogP contribution in [0.5, 0.6) is 0 Å². The molecule has 0 heterocycles. The highest BCUT2D eigenvalue weighted by molar-refractivity contribution is 4.66. The van der Waals surface area contributed by atoms with Gasteiger partial charge in [-0.15, -0.1) is 0 Å². The highest BCUT2D eigenvalue weighted by Gasteiger charge is 2.12. The molecule has 0 amide bonds. The van der Waals surface area contributed by atoms with Crippen LogP contribution in [0, 0.1) is 11.8 Å². The molecule has 13 heavy (non-hydrogen) atoms. The number of hydrogen-bond donors (Lipinski definition) is 0. The van der Waals surface area contributed by atoms with E-state index in [0.717, 1.165) is 11.8 Å². The van der Waals surface area contributed by atoms with Crippen molar-refractivity contribution >= 4 is 0 Å². The SMILES string of the molecule is CC(C)CCCN(C)[C@@H](C)C(C)C. The van der Waals surface area contributed by atoms with Crippen LogP contribution < -0.4 is 0 Å². The van der Waals surface area contributed by atoms with Gasteiger partial charge in [-0.05, 0) is 45.2 Å². The highest BCUT2D eigenvalue weighted by atomic mass is 15.1. The van der Waals surface area contributed by atoms with Crippen molar-refractivity contribution in [3.8, 4) is 0 Å². The Morgan fingerprint density at radius 1 is 1.00 bits per heavy atom. The molecule has 1 nitrogen and oxygen atoms in total. The van der Waals surface area contributed by atoms with E-state index < -0.39 is 0 Å². The molecule has 0 radical (unpaired) electrons. The fourth-order valence-electron chi connectivity index (χ4n) is 1.46. The van der Waals surface area contributed by atoms with E-state index in [4.69, 9.17) is 0 Å². The Kier molecular flexibility index (Phi) is 6.40. The monoisotopic (exact) mass is 185 g/mol. The Morgan fingerprint density at radius 3 is 1.92 bits per heavy atom. The molecular weight excluding hydrogens is 158 g/mol. The van der Waals surface area contributed by atoms with Gasteiger partial charge in [0.1, 0.15) is 0 Å². The first-order valence-electron chi connectivity index (χ1n) is 5.65. The molecule has 0 saturated carbocycles. The van der Waals surface area contributed by atoms with Crippen LogP contribution in [0.3, 0.4) is 0 Å². The van der Waals surface area contributed by atoms with Crippen molar-refractivity contribution in [2.24, 2.45) is 11.8 Å². The molecule has 1 atom stereocenters. The zero-order valence-electron chi connectivity index (χ0n) is 10.3. The van der Waals surface area contributed by atoms with Crippen molar-refractivity contribution in [3.63, 3.8) is 0 Å². The lowest BCUT2D eigenvalue weighted by Gasteiger charge is -2.27. The van der Waals surface area contributed by atoms with Crippen molar-refractivity contribution in [3.05, 3.63) is 0 Å². The van der Waals surface area contributed by atoms with Gasteiger partial charge in [0.25, 0.3) is 0 Å². The fourth-order valence-corrected chi connectivity index (χ4v) is 1.46. The normalized spacial score (nSPS) is 14.5. The maximum Gasteiger partial charge on any atom is 0.00868 e. The molecule has 0 saturated heterocycles. The predicted octanol–water partition coefficient (Wildman–Crippen LogP) is 3.40. The second-order valence-electron chi connectivity index (χ2n) is 5.00. The van der Waals surface area contributed by atoms with E-state index in [2.05, 4.69) is 46.6 Å². The molecule has 0 aliphatic carbocycles. The lowest BCUT2D eigenvalue weighted by Crippen LogP contribution is -2.34. The Hall–Kier alpha value is -0.0400. The minimum absolute atomic E-state index is 0.715. The highest BCUT2D eigenvalue weighted by Crippen LogP contribution is 2.10. The topological polar surface area (TPSA) is 3.24 Å². The number of nitrogens with zero attached hydrogens (tertiary/aromatic N) is 1. The van der Waals surface area contributed by atoms with Gasteiger partial charge in [-0.1, -0.05) is 27.7 Å². The molecule has 0 aliphatic rings. The third kappa shape index (κ3) is 6.09. The average Bonchev–Trinajstić information content (AvgIpc) is 2.02. The van der Waals surface area contributed by atoms with Crippen molar-refractivity contribution in [1.82, 2.24) is 4.90 Å². The molecule has 0 aromatic rings. The van der Waals surface area contributed by atoms with Crippen molar-refractivity contribution in [2.45, 2.75) is 53.5 Å². The molecule has 0 aromatic heterocycles. The molecule has 0 aromatic carbocycles. The standard InChI is InChI=1S/C12H27N/c1-10(2)8-7-9-13(6)12(5)11(3)4/h10-12H,7-9H2,1-6H3/t12-/m0/s1. The van der Waals surface area contributed by atoms with Gasteiger partial charge in [-0.2, -0.15) is 0 Å². The van der Waals surface area contributed by atoms with Gasteiger partial charge >= 0.3 is 0 Å². The summed E-state index contributed by atoms with van der Waals surface area (Å²) in [5.74, 6) is 1.62. The zero-order chi connectivity index (χ0) is 10.4. The second-order valence-corrected chi connectivity index (χ2v) is 5.00. The third-order valence-electron chi connectivity index (χ3n) is 2.95. The van der Waals surface area contributed by atoms with Crippen molar-refractivity contribution in [1.29, 1.82) is 0 Å². The van der Waals surface area contributed by atoms with Gasteiger partial charge in [-0.3, -0.25) is 0 Å². The molecule has 0 N–H and O–H groups in total. The van der Waals surface area contributed by atoms with E-state index in [0.29, 0.717) is 6.04 Å². The van der Waals surface area contributed by atoms with E-state index in [1.165, 1.54) is 19.4 Å². The first-order valence-corrected chi connectivity index (χ1v) is 5.65. The summed E-state index contributed by atoms with van der Waals surface area (Å²) in [6.07, 6.45) is 2.69. The summed E-state index contributed by atoms with van der Waals surface area (Å²) in [6.45, 7) is 12.8. The van der Waals surface area contributed by atoms with Crippen LogP contribution in [0.4, 0.5) is 0 Å². The maximum atomic E-state index is 2.48. The summed E-state index contributed by atoms with van der Waals surface area (Å²) in [6, 6.07) is 0.715. The summed E-state index contributed by atoms with van der Waals surface area (Å²) in [5.41, 5.74) is 0. The predicted molar refractivity (Wildman–Crippen MR) is 61.0 cm³/mol. The maximum absolute atomic E-state index is 2.48. The van der Waals surface area contributed by atoms with Crippen LogP contribution in [-0.2, 0) is 0 Å². The molecule has 0 unspecified atom stereocenters. The average molecular weight is 185 g/mol. The first kappa shape index (κ1) is 13.0. The largest absolute Gasteiger partial charge is 0.303 e. The van der Waals surface area contributed by atoms with E-state index in [1.54, 1.807) is 0 Å². The smallest absolute Gasteiger partial charge is 0.00868 e. The molecular formula is C12H27N. The molecule has 0 aliphatic heterocycles. The quantitative estimate of drug-likeness (QED) is 0.613. The summed E-state index contributed by atoms with van der Waals surface area (Å²) < 4.78 is 0. The van der Waals surface area contributed by atoms with Gasteiger partial charge in [0.15, 0.2) is 0 Å². The second kappa shape index (κ2) is 6.42. The third-order valence-corrected chi connectivity index (χ3v) is 2.95. The van der Waals surface area contributed by atoms with Gasteiger partial charge in [0.2, 0.25) is 0 Å². The summed E-state index contributed by atoms with van der Waals surface area (Å²) in [5, 5.41) is 0. The van der Waals surface area contributed by atoms with Gasteiger partial charge in [-0.25, -0.2) is 0 Å². The van der Waals surface area contributed by atoms with Crippen LogP contribution >= 0.6 is 0 Å². The van der Waals surface area contributed by atoms with Crippen molar-refractivity contribution < 1.29 is 0 Å². The summed E-state index contributed by atoms with van der Waals surface area (Å²) >= 11 is 0. The van der Waals surface area contributed by atoms with E-state index in [-0.39, 0.29) is 0 Å². The minimum atomic E-state index is 0.715. The lowest BCUT2D eigenvalue weighted by molar-refractivity contribution is 0.202. The van der Waals surface area contributed by atoms with Crippen LogP contribution in [0.25, 0.3) is 0 Å². The van der Waals surface area contributed by atoms with Crippen molar-refractivity contribution in [2.75, 3.05) is 13.6 Å². The van der Waals surface area contributed by atoms with Gasteiger partial charge in [0, 0.05) is 6.04 Å². The number of hydrogen-bond acceptors (Lipinski definition) is 1. The molecule has 0 bridgehead atoms. The minimum Gasteiger partial charge on any atom is -0.303 e. The van der Waals surface area contributed by atoms with E-state index >= 15 is 0 Å². The summed E-state index contributed by atoms with van der Waals surface area (Å²) in [4.78, 5) is 2.48. The van der Waals surface area contributed by atoms with E-state index in [9.17, 15) is 0 Å². The van der Waals surface area contributed by atoms with E-state index in [1.807, 2.05) is 0 Å². The molecule has 0 fully saturated rings. The molecule has 0 rings (SSSR count). The fraction of sp³-hybridized carbons (Fsp3) is 1.00. The van der Waals surface area contributed by atoms with Crippen LogP contribution in [0.15, 0.2) is 0 Å². The first-order chi connectivity index (χ1) is 5.95. The lowest BCUT2D eigenvalue weighted by atomic mass is 10.0. The Labute approximate surface area is 84.5 Å². The Morgan fingerprint density at radius 2 is 1.54 bits per heavy atom. The molecule has 0 spiro atoms.